The second-order valence-corrected chi connectivity index (χ2v) is 28.6. The maximum absolute atomic E-state index is 12.8. The average Bonchev–Trinajstić information content (AvgIpc) is 0.778. The van der Waals surface area contributed by atoms with Crippen LogP contribution in [-0.4, -0.2) is 450 Å². The maximum Gasteiger partial charge on any atom is 0.364 e. The van der Waals surface area contributed by atoms with Crippen molar-refractivity contribution < 1.29 is 213 Å². The zero-order valence-corrected chi connectivity index (χ0v) is 58.2. The van der Waals surface area contributed by atoms with Crippen LogP contribution in [0.5, 0.6) is 0 Å². The lowest BCUT2D eigenvalue weighted by Crippen LogP contribution is -2.68. The van der Waals surface area contributed by atoms with Crippen molar-refractivity contribution in [2.75, 3.05) is 59.5 Å². The van der Waals surface area contributed by atoms with Crippen molar-refractivity contribution in [2.24, 2.45) is 29.4 Å². The van der Waals surface area contributed by atoms with Gasteiger partial charge in [0.2, 0.25) is 0 Å². The first kappa shape index (κ1) is 87.8. The first-order chi connectivity index (χ1) is 50.1. The van der Waals surface area contributed by atoms with Crippen molar-refractivity contribution in [3.63, 3.8) is 0 Å². The Labute approximate surface area is 604 Å². The lowest BCUT2D eigenvalue weighted by atomic mass is 9.88. The van der Waals surface area contributed by atoms with E-state index in [2.05, 4.69) is 0 Å². The number of rotatable bonds is 28. The molecule has 0 bridgehead atoms. The van der Waals surface area contributed by atoms with Gasteiger partial charge in [0.1, 0.15) is 165 Å². The standard InChI is InChI=1S/C62H107NO43/c1-16-20(5)92-26(11-68)47(33(16)74)100-55-18(3)34(75)49(28(13-70)96-55)102-58-46(87)51(41(82)29(98-58)14-90-59-52(43(84)38(79)24(9-66)94-59)104-54-17(2)32(73)37(78)23(8-65)93-54)103-60-53(44(85)39(80)25(10-67)95-60)105-56-19(4)35(76)48(27(12-69)97-56)101-57-45(86)42(83)40(81)30(99-57)15-91-62(61(88)89)6-21(71)31(63)50(106-62)36(77)22(72)7-64/h16-60,64-87H,6-15,63H2,1-5H3,(H,88,89)/t16-,17?,18?,19?,20+,21-,22-,23+,24?,25-,26?,27?,28?,29?,30?,31-,32?,33?,34-,35-,36-,37-,38-,39-,40+,41-,42?,43?,44?,45+,46-,47-,48-,49-,50?,51?,52-,53?,54+,55+,56+,57+,58+,59+,60-,62-/m1/s1. The van der Waals surface area contributed by atoms with E-state index >= 15 is 0 Å². The summed E-state index contributed by atoms with van der Waals surface area (Å²) in [6.45, 7) is -1.28. The SMILES string of the molecule is CC1C(O)[C@H](O)[C@H](CO)O[C@H]1O[C@@H]1C(O)[C@H](O)C(CO)O[C@@H]1OCC1O[C@@H](O[C@@H]2C(CO)O[C@@H](O[C@@H]3C(CO)O[C@@H](C)[C@@H](C)C3O)C(C)[C@H]2O)[C@H](O)C(O[C@H]2O[C@H](CO)[C@@H](O)C(O)C2O[C@@H]2OC(CO)[C@@H](O[C@@H]3OC(CO[C@]4(C(=O)O)C[C@@H](O)[C@@H](N)C([C@H](O)[C@H](O)CO)O4)[C@H](O)C(O)[C@@H]3O)[C@H](O)C2C)[C@@H]1O. The molecule has 46 atom stereocenters. The Balaban J connectivity index is 0.963. The zero-order chi connectivity index (χ0) is 78.1. The van der Waals surface area contributed by atoms with Gasteiger partial charge in [0.15, 0.2) is 44.0 Å². The van der Waals surface area contributed by atoms with Crippen LogP contribution in [0.25, 0.3) is 0 Å². The Morgan fingerprint density at radius 2 is 0.755 bits per heavy atom. The lowest BCUT2D eigenvalue weighted by Gasteiger charge is -2.51. The van der Waals surface area contributed by atoms with Crippen molar-refractivity contribution in [3.8, 4) is 0 Å². The van der Waals surface area contributed by atoms with Crippen molar-refractivity contribution >= 4 is 5.97 Å². The fraction of sp³-hybridized carbons (Fsp3) is 0.984. The van der Waals surface area contributed by atoms with Crippen LogP contribution in [0, 0.1) is 23.7 Å². The lowest BCUT2D eigenvalue weighted by molar-refractivity contribution is -0.402. The smallest absolute Gasteiger partial charge is 0.364 e. The first-order valence-corrected chi connectivity index (χ1v) is 35.0. The molecule has 0 radical (unpaired) electrons. The molecule has 0 saturated carbocycles. The Bertz CT molecular complexity index is 2690. The fourth-order valence-corrected chi connectivity index (χ4v) is 14.4. The predicted molar refractivity (Wildman–Crippen MR) is 332 cm³/mol. The van der Waals surface area contributed by atoms with Gasteiger partial charge in [0.25, 0.3) is 5.79 Å². The van der Waals surface area contributed by atoms with Gasteiger partial charge in [0.05, 0.1) is 102 Å². The molecule has 9 heterocycles. The molecule has 9 aliphatic rings. The largest absolute Gasteiger partial charge is 0.477 e. The van der Waals surface area contributed by atoms with Gasteiger partial charge in [-0.25, -0.2) is 4.79 Å². The third kappa shape index (κ3) is 18.1. The number of nitrogens with two attached hydrogens (primary N) is 1. The van der Waals surface area contributed by atoms with Crippen LogP contribution in [0.15, 0.2) is 0 Å². The van der Waals surface area contributed by atoms with Crippen LogP contribution >= 0.6 is 0 Å². The number of carbonyl (C=O) groups is 1. The molecule has 44 heteroatoms. The molecule has 9 fully saturated rings. The van der Waals surface area contributed by atoms with Gasteiger partial charge in [-0.3, -0.25) is 0 Å². The van der Waals surface area contributed by atoms with Gasteiger partial charge in [0, 0.05) is 30.1 Å². The molecule has 9 aliphatic heterocycles. The molecule has 17 unspecified atom stereocenters. The average molecular weight is 1550 g/mol. The van der Waals surface area contributed by atoms with Crippen LogP contribution in [0.1, 0.15) is 41.0 Å². The molecular weight excluding hydrogens is 1450 g/mol. The van der Waals surface area contributed by atoms with E-state index in [-0.39, 0.29) is 0 Å². The molecule has 0 spiro atoms. The van der Waals surface area contributed by atoms with Crippen LogP contribution in [0.3, 0.4) is 0 Å². The molecule has 0 aliphatic carbocycles. The summed E-state index contributed by atoms with van der Waals surface area (Å²) in [5.74, 6) is -9.13. The number of aliphatic hydroxyl groups excluding tert-OH is 24. The van der Waals surface area contributed by atoms with Gasteiger partial charge >= 0.3 is 5.97 Å². The topological polar surface area (TPSA) is 706 Å². The number of carboxylic acid groups (broad SMARTS) is 1. The fourth-order valence-electron chi connectivity index (χ4n) is 14.4. The summed E-state index contributed by atoms with van der Waals surface area (Å²) in [7, 11) is 0. The van der Waals surface area contributed by atoms with Crippen molar-refractivity contribution in [3.05, 3.63) is 0 Å². The van der Waals surface area contributed by atoms with E-state index in [0.717, 1.165) is 0 Å². The molecule has 0 amide bonds. The van der Waals surface area contributed by atoms with Gasteiger partial charge in [-0.2, -0.15) is 0 Å². The van der Waals surface area contributed by atoms with Crippen LogP contribution < -0.4 is 5.73 Å². The summed E-state index contributed by atoms with van der Waals surface area (Å²) in [4.78, 5) is 12.8. The van der Waals surface area contributed by atoms with Gasteiger partial charge in [-0.1, -0.05) is 27.7 Å². The molecular formula is C62H107NO43. The van der Waals surface area contributed by atoms with Crippen LogP contribution in [0.4, 0.5) is 0 Å². The molecule has 0 aromatic heterocycles. The number of hydrogen-bond donors (Lipinski definition) is 26. The summed E-state index contributed by atoms with van der Waals surface area (Å²) in [6.07, 6.45) is -74.4. The van der Waals surface area contributed by atoms with E-state index in [1.165, 1.54) is 20.8 Å². The minimum Gasteiger partial charge on any atom is -0.477 e. The summed E-state index contributed by atoms with van der Waals surface area (Å²) in [5.41, 5.74) is 5.95. The van der Waals surface area contributed by atoms with Gasteiger partial charge < -0.3 is 214 Å². The molecule has 9 rings (SSSR count). The molecule has 27 N–H and O–H groups in total. The second kappa shape index (κ2) is 37.4. The van der Waals surface area contributed by atoms with Crippen molar-refractivity contribution in [2.45, 2.75) is 298 Å². The van der Waals surface area contributed by atoms with E-state index < -0.39 is 353 Å². The Kier molecular flexibility index (Phi) is 30.9. The highest BCUT2D eigenvalue weighted by atomic mass is 16.8. The minimum absolute atomic E-state index is 0.530. The molecule has 9 saturated heterocycles. The van der Waals surface area contributed by atoms with E-state index in [0.29, 0.717) is 0 Å². The highest BCUT2D eigenvalue weighted by Crippen LogP contribution is 2.42. The number of aliphatic carboxylic acids is 1. The molecule has 0 aromatic carbocycles. The third-order valence-electron chi connectivity index (χ3n) is 21.5. The monoisotopic (exact) mass is 1550 g/mol. The minimum atomic E-state index is -2.93. The summed E-state index contributed by atoms with van der Waals surface area (Å²) >= 11 is 0. The van der Waals surface area contributed by atoms with Crippen molar-refractivity contribution in [1.82, 2.24) is 0 Å². The zero-order valence-electron chi connectivity index (χ0n) is 58.2. The number of hydrogen-bond acceptors (Lipinski definition) is 43. The normalized spacial score (nSPS) is 51.9. The van der Waals surface area contributed by atoms with E-state index in [1.807, 2.05) is 0 Å². The Morgan fingerprint density at radius 3 is 1.24 bits per heavy atom. The highest BCUT2D eigenvalue weighted by Gasteiger charge is 2.61. The molecule has 106 heavy (non-hydrogen) atoms. The first-order valence-electron chi connectivity index (χ1n) is 35.0. The summed E-state index contributed by atoms with van der Waals surface area (Å²) in [6, 6.07) is -1.55. The molecule has 618 valence electrons. The van der Waals surface area contributed by atoms with E-state index in [1.54, 1.807) is 13.8 Å². The van der Waals surface area contributed by atoms with E-state index in [9.17, 15) is 132 Å². The highest BCUT2D eigenvalue weighted by molar-refractivity contribution is 5.76. The maximum atomic E-state index is 12.8. The predicted octanol–water partition coefficient (Wildman–Crippen LogP) is -15.3. The van der Waals surface area contributed by atoms with Gasteiger partial charge in [-0.05, 0) is 6.92 Å². The van der Waals surface area contributed by atoms with Crippen molar-refractivity contribution in [1.29, 1.82) is 0 Å². The Morgan fingerprint density at radius 1 is 0.387 bits per heavy atom. The summed E-state index contributed by atoms with van der Waals surface area (Å²) in [5, 5.41) is 275. The van der Waals surface area contributed by atoms with Gasteiger partial charge in [-0.15, -0.1) is 0 Å². The van der Waals surface area contributed by atoms with Crippen LogP contribution in [0.2, 0.25) is 0 Å². The van der Waals surface area contributed by atoms with E-state index in [4.69, 9.17) is 86.3 Å². The second-order valence-electron chi connectivity index (χ2n) is 28.6. The number of carboxylic acids is 1. The molecule has 0 aromatic rings. The number of ether oxygens (including phenoxy) is 17. The quantitative estimate of drug-likeness (QED) is 0.0346. The third-order valence-corrected chi connectivity index (χ3v) is 21.5. The Hall–Kier alpha value is -2.21. The summed E-state index contributed by atoms with van der Waals surface area (Å²) < 4.78 is 101. The van der Waals surface area contributed by atoms with Crippen LogP contribution in [-0.2, 0) is 85.3 Å². The number of aliphatic hydroxyl groups is 24. The molecule has 44 nitrogen and oxygen atoms in total.